The molecule has 0 bridgehead atoms. The van der Waals surface area contributed by atoms with Crippen molar-refractivity contribution in [3.8, 4) is 0 Å². The number of aliphatic carboxylic acids is 1. The second-order valence-corrected chi connectivity index (χ2v) is 9.67. The van der Waals surface area contributed by atoms with Gasteiger partial charge in [0.1, 0.15) is 0 Å². The van der Waals surface area contributed by atoms with E-state index in [1.54, 1.807) is 5.57 Å². The highest BCUT2D eigenvalue weighted by Gasteiger charge is 2.13. The van der Waals surface area contributed by atoms with E-state index in [0.717, 1.165) is 32.2 Å². The zero-order valence-corrected chi connectivity index (χ0v) is 21.3. The minimum atomic E-state index is -0.643. The van der Waals surface area contributed by atoms with Crippen LogP contribution in [0, 0.1) is 5.92 Å². The molecule has 2 rings (SSSR count). The standard InChI is InChI=1S/C20H36N2.C8H16O2/c1-2-4-8-12-16-19(15-11-7-3-1)20-17-13-9-5-6-10-14-18-21-22-20;1-3-5-6-7(4-2)8(9)10/h15,21H,1-14,16-18H2;7H,3-6H2,1-2H3,(H,9,10). The molecular weight excluding hydrogens is 396 g/mol. The predicted molar refractivity (Wildman–Crippen MR) is 138 cm³/mol. The van der Waals surface area contributed by atoms with Crippen molar-refractivity contribution < 1.29 is 9.90 Å². The van der Waals surface area contributed by atoms with Crippen molar-refractivity contribution in [3.63, 3.8) is 0 Å². The summed E-state index contributed by atoms with van der Waals surface area (Å²) in [5, 5.41) is 13.4. The summed E-state index contributed by atoms with van der Waals surface area (Å²) in [4.78, 5) is 10.4. The lowest BCUT2D eigenvalue weighted by atomic mass is 9.97. The van der Waals surface area contributed by atoms with Gasteiger partial charge in [-0.15, -0.1) is 0 Å². The van der Waals surface area contributed by atoms with E-state index in [1.165, 1.54) is 108 Å². The summed E-state index contributed by atoms with van der Waals surface area (Å²) in [6, 6.07) is 0. The fraction of sp³-hybridized carbons (Fsp3) is 0.857. The molecule has 32 heavy (non-hydrogen) atoms. The topological polar surface area (TPSA) is 61.7 Å². The Morgan fingerprint density at radius 1 is 0.906 bits per heavy atom. The molecule has 186 valence electrons. The van der Waals surface area contributed by atoms with Crippen molar-refractivity contribution >= 4 is 11.7 Å². The minimum absolute atomic E-state index is 0.111. The molecule has 1 atom stereocenters. The molecule has 0 saturated carbocycles. The van der Waals surface area contributed by atoms with Gasteiger partial charge in [-0.25, -0.2) is 0 Å². The van der Waals surface area contributed by atoms with E-state index in [9.17, 15) is 4.79 Å². The molecule has 1 heterocycles. The van der Waals surface area contributed by atoms with Gasteiger partial charge in [-0.1, -0.05) is 90.6 Å². The number of hydrazone groups is 1. The zero-order valence-electron chi connectivity index (χ0n) is 21.3. The van der Waals surface area contributed by atoms with Crippen LogP contribution in [0.4, 0.5) is 0 Å². The van der Waals surface area contributed by atoms with Crippen LogP contribution in [-0.4, -0.2) is 23.3 Å². The highest BCUT2D eigenvalue weighted by Crippen LogP contribution is 2.20. The summed E-state index contributed by atoms with van der Waals surface area (Å²) in [6.45, 7) is 5.06. The van der Waals surface area contributed by atoms with Gasteiger partial charge >= 0.3 is 5.97 Å². The van der Waals surface area contributed by atoms with Crippen molar-refractivity contribution in [1.82, 2.24) is 5.43 Å². The number of carboxylic acid groups (broad SMARTS) is 1. The Labute approximate surface area is 198 Å². The minimum Gasteiger partial charge on any atom is -0.481 e. The van der Waals surface area contributed by atoms with Crippen LogP contribution in [0.25, 0.3) is 0 Å². The Balaban J connectivity index is 0.000000433. The fourth-order valence-electron chi connectivity index (χ4n) is 4.58. The molecule has 0 amide bonds. The summed E-state index contributed by atoms with van der Waals surface area (Å²) in [7, 11) is 0. The van der Waals surface area contributed by atoms with Gasteiger partial charge in [-0.3, -0.25) is 4.79 Å². The molecule has 2 aliphatic rings. The maximum absolute atomic E-state index is 10.4. The third-order valence-corrected chi connectivity index (χ3v) is 6.83. The first-order valence-corrected chi connectivity index (χ1v) is 13.9. The Morgan fingerprint density at radius 2 is 1.50 bits per heavy atom. The number of rotatable bonds is 6. The molecule has 1 unspecified atom stereocenters. The molecule has 4 heteroatoms. The molecule has 0 aromatic heterocycles. The number of carbonyl (C=O) groups is 1. The van der Waals surface area contributed by atoms with E-state index < -0.39 is 5.97 Å². The van der Waals surface area contributed by atoms with Crippen molar-refractivity contribution in [2.75, 3.05) is 6.54 Å². The van der Waals surface area contributed by atoms with Crippen molar-refractivity contribution in [2.24, 2.45) is 11.0 Å². The van der Waals surface area contributed by atoms with Crippen molar-refractivity contribution in [1.29, 1.82) is 0 Å². The summed E-state index contributed by atoms with van der Waals surface area (Å²) in [6.07, 6.45) is 27.9. The largest absolute Gasteiger partial charge is 0.481 e. The third kappa shape index (κ3) is 14.7. The first kappa shape index (κ1) is 28.7. The van der Waals surface area contributed by atoms with Crippen LogP contribution in [0.2, 0.25) is 0 Å². The zero-order chi connectivity index (χ0) is 23.3. The molecule has 1 aliphatic carbocycles. The van der Waals surface area contributed by atoms with Gasteiger partial charge in [0.2, 0.25) is 0 Å². The van der Waals surface area contributed by atoms with E-state index in [1.807, 2.05) is 6.92 Å². The lowest BCUT2D eigenvalue weighted by Crippen LogP contribution is -2.14. The summed E-state index contributed by atoms with van der Waals surface area (Å²) < 4.78 is 0. The van der Waals surface area contributed by atoms with Crippen molar-refractivity contribution in [3.05, 3.63) is 11.6 Å². The highest BCUT2D eigenvalue weighted by molar-refractivity contribution is 5.99. The van der Waals surface area contributed by atoms with Gasteiger partial charge in [-0.05, 0) is 63.4 Å². The smallest absolute Gasteiger partial charge is 0.306 e. The molecule has 2 N–H and O–H groups in total. The number of nitrogens with zero attached hydrogens (tertiary/aromatic N) is 1. The maximum Gasteiger partial charge on any atom is 0.306 e. The van der Waals surface area contributed by atoms with E-state index >= 15 is 0 Å². The molecule has 0 spiro atoms. The second-order valence-electron chi connectivity index (χ2n) is 9.67. The normalized spacial score (nSPS) is 20.6. The van der Waals surface area contributed by atoms with Crippen LogP contribution < -0.4 is 5.43 Å². The van der Waals surface area contributed by atoms with Crippen LogP contribution in [0.5, 0.6) is 0 Å². The van der Waals surface area contributed by atoms with Crippen LogP contribution >= 0.6 is 0 Å². The Morgan fingerprint density at radius 3 is 2.12 bits per heavy atom. The summed E-state index contributed by atoms with van der Waals surface area (Å²) in [5.41, 5.74) is 6.29. The molecule has 0 aromatic carbocycles. The average molecular weight is 449 g/mol. The lowest BCUT2D eigenvalue weighted by Gasteiger charge is -2.12. The van der Waals surface area contributed by atoms with Gasteiger partial charge in [0.25, 0.3) is 0 Å². The number of hydrogen-bond acceptors (Lipinski definition) is 3. The van der Waals surface area contributed by atoms with Gasteiger partial charge in [0, 0.05) is 6.54 Å². The van der Waals surface area contributed by atoms with Crippen LogP contribution in [0.15, 0.2) is 16.8 Å². The predicted octanol–water partition coefficient (Wildman–Crippen LogP) is 8.41. The molecular formula is C28H52N2O2. The number of unbranched alkanes of at least 4 members (excludes halogenated alkanes) is 1. The van der Waals surface area contributed by atoms with Crippen molar-refractivity contribution in [2.45, 2.75) is 142 Å². The average Bonchev–Trinajstić information content (AvgIpc) is 2.90. The lowest BCUT2D eigenvalue weighted by molar-refractivity contribution is -0.142. The van der Waals surface area contributed by atoms with Gasteiger partial charge in [0.15, 0.2) is 0 Å². The monoisotopic (exact) mass is 448 g/mol. The van der Waals surface area contributed by atoms with E-state index in [0.29, 0.717) is 0 Å². The Hall–Kier alpha value is -1.32. The van der Waals surface area contributed by atoms with Crippen LogP contribution in [-0.2, 0) is 4.79 Å². The highest BCUT2D eigenvalue weighted by atomic mass is 16.4. The summed E-state index contributed by atoms with van der Waals surface area (Å²) >= 11 is 0. The van der Waals surface area contributed by atoms with E-state index in [2.05, 4.69) is 18.4 Å². The van der Waals surface area contributed by atoms with Crippen LogP contribution in [0.3, 0.4) is 0 Å². The molecule has 0 aromatic rings. The Bertz CT molecular complexity index is 494. The van der Waals surface area contributed by atoms with E-state index in [-0.39, 0.29) is 5.92 Å². The van der Waals surface area contributed by atoms with Gasteiger partial charge in [0.05, 0.1) is 11.6 Å². The fourth-order valence-corrected chi connectivity index (χ4v) is 4.58. The quantitative estimate of drug-likeness (QED) is 0.428. The second kappa shape index (κ2) is 20.3. The SMILES string of the molecule is C1=C(C2=NNCCCCCCCC2)CCCCCCCCC1.CCCCC(CC)C(=O)O. The number of carboxylic acids is 1. The maximum atomic E-state index is 10.4. The Kier molecular flexibility index (Phi) is 18.2. The number of nitrogens with one attached hydrogen (secondary N) is 1. The van der Waals surface area contributed by atoms with Gasteiger partial charge < -0.3 is 10.5 Å². The van der Waals surface area contributed by atoms with Crippen LogP contribution in [0.1, 0.15) is 142 Å². The first-order chi connectivity index (χ1) is 15.7. The molecule has 0 fully saturated rings. The van der Waals surface area contributed by atoms with Gasteiger partial charge in [-0.2, -0.15) is 5.10 Å². The van der Waals surface area contributed by atoms with E-state index in [4.69, 9.17) is 10.2 Å². The third-order valence-electron chi connectivity index (χ3n) is 6.83. The molecule has 0 saturated heterocycles. The number of allylic oxidation sites excluding steroid dienone is 2. The molecule has 1 aliphatic heterocycles. The summed E-state index contributed by atoms with van der Waals surface area (Å²) in [5.74, 6) is -0.754. The number of hydrogen-bond donors (Lipinski definition) is 2. The molecule has 4 nitrogen and oxygen atoms in total. The molecule has 0 radical (unpaired) electrons. The first-order valence-electron chi connectivity index (χ1n) is 13.9.